The number of nitrogens with one attached hydrogen (secondary N) is 1. The molecule has 0 saturated heterocycles. The van der Waals surface area contributed by atoms with Gasteiger partial charge in [0.25, 0.3) is 0 Å². The van der Waals surface area contributed by atoms with Crippen molar-refractivity contribution in [2.24, 2.45) is 0 Å². The van der Waals surface area contributed by atoms with Crippen molar-refractivity contribution < 1.29 is 17.6 Å². The van der Waals surface area contributed by atoms with Crippen molar-refractivity contribution in [2.75, 3.05) is 5.32 Å². The van der Waals surface area contributed by atoms with E-state index in [-0.39, 0.29) is 11.4 Å². The molecule has 0 aliphatic rings. The molecule has 17 heavy (non-hydrogen) atoms. The van der Waals surface area contributed by atoms with E-state index >= 15 is 0 Å². The molecule has 2 rings (SSSR count). The van der Waals surface area contributed by atoms with Crippen molar-refractivity contribution in [1.29, 1.82) is 0 Å². The molecule has 0 atom stereocenters. The third-order valence-corrected chi connectivity index (χ3v) is 2.00. The highest BCUT2D eigenvalue weighted by atomic mass is 19.2. The smallest absolute Gasteiger partial charge is 0.214 e. The summed E-state index contributed by atoms with van der Waals surface area (Å²) in [6, 6.07) is 3.99. The molecule has 0 radical (unpaired) electrons. The number of pyridine rings is 1. The number of hydrogen-bond acceptors (Lipinski definition) is 2. The third-order valence-electron chi connectivity index (χ3n) is 2.00. The third kappa shape index (κ3) is 2.52. The van der Waals surface area contributed by atoms with Crippen LogP contribution in [0.15, 0.2) is 30.5 Å². The van der Waals surface area contributed by atoms with Crippen LogP contribution in [0.5, 0.6) is 0 Å². The summed E-state index contributed by atoms with van der Waals surface area (Å²) >= 11 is 0. The van der Waals surface area contributed by atoms with Gasteiger partial charge in [-0.1, -0.05) is 0 Å². The first-order chi connectivity index (χ1) is 8.06. The van der Waals surface area contributed by atoms with Gasteiger partial charge in [0, 0.05) is 35.8 Å². The summed E-state index contributed by atoms with van der Waals surface area (Å²) in [6.45, 7) is 0. The van der Waals surface area contributed by atoms with Crippen LogP contribution < -0.4 is 5.32 Å². The van der Waals surface area contributed by atoms with Crippen molar-refractivity contribution in [2.45, 2.75) is 0 Å². The lowest BCUT2D eigenvalue weighted by Gasteiger charge is -2.07. The molecule has 0 aliphatic heterocycles. The maximum atomic E-state index is 12.9. The molecule has 0 bridgehead atoms. The Labute approximate surface area is 93.9 Å². The molecule has 0 fully saturated rings. The summed E-state index contributed by atoms with van der Waals surface area (Å²) in [5.74, 6) is -4.92. The second kappa shape index (κ2) is 4.40. The lowest BCUT2D eigenvalue weighted by atomic mass is 10.2. The predicted octanol–water partition coefficient (Wildman–Crippen LogP) is 3.38. The van der Waals surface area contributed by atoms with Gasteiger partial charge >= 0.3 is 0 Å². The van der Waals surface area contributed by atoms with Crippen LogP contribution in [0.1, 0.15) is 0 Å². The Balaban J connectivity index is 2.31. The van der Waals surface area contributed by atoms with E-state index in [4.69, 9.17) is 0 Å². The van der Waals surface area contributed by atoms with Crippen molar-refractivity contribution in [3.63, 3.8) is 0 Å². The van der Waals surface area contributed by atoms with Crippen LogP contribution in [-0.4, -0.2) is 4.98 Å². The van der Waals surface area contributed by atoms with Gasteiger partial charge in [0.2, 0.25) is 5.95 Å². The number of benzene rings is 1. The predicted molar refractivity (Wildman–Crippen MR) is 53.8 cm³/mol. The Morgan fingerprint density at radius 1 is 0.882 bits per heavy atom. The van der Waals surface area contributed by atoms with E-state index in [0.29, 0.717) is 0 Å². The normalized spacial score (nSPS) is 10.4. The Morgan fingerprint density at radius 3 is 2.12 bits per heavy atom. The van der Waals surface area contributed by atoms with Gasteiger partial charge in [-0.3, -0.25) is 0 Å². The average Bonchev–Trinajstić information content (AvgIpc) is 2.26. The lowest BCUT2D eigenvalue weighted by Crippen LogP contribution is -1.97. The molecule has 0 saturated carbocycles. The SMILES string of the molecule is Fc1cc(Nc2cc(F)c(F)c(F)c2)ccn1. The van der Waals surface area contributed by atoms with Gasteiger partial charge in [-0.2, -0.15) is 4.39 Å². The van der Waals surface area contributed by atoms with Crippen LogP contribution in [0.25, 0.3) is 0 Å². The molecule has 0 spiro atoms. The van der Waals surface area contributed by atoms with Crippen molar-refractivity contribution in [1.82, 2.24) is 4.98 Å². The van der Waals surface area contributed by atoms with Gasteiger partial charge in [0.05, 0.1) is 0 Å². The zero-order valence-corrected chi connectivity index (χ0v) is 8.35. The first kappa shape index (κ1) is 11.4. The topological polar surface area (TPSA) is 24.9 Å². The van der Waals surface area contributed by atoms with E-state index in [9.17, 15) is 17.6 Å². The summed E-state index contributed by atoms with van der Waals surface area (Å²) in [6.07, 6.45) is 1.19. The fraction of sp³-hybridized carbons (Fsp3) is 0. The highest BCUT2D eigenvalue weighted by Gasteiger charge is 2.10. The van der Waals surface area contributed by atoms with E-state index in [2.05, 4.69) is 10.3 Å². The monoisotopic (exact) mass is 242 g/mol. The molecule has 0 aliphatic carbocycles. The molecular weight excluding hydrogens is 236 g/mol. The van der Waals surface area contributed by atoms with Crippen LogP contribution in [0.3, 0.4) is 0 Å². The van der Waals surface area contributed by atoms with Crippen molar-refractivity contribution in [3.05, 3.63) is 53.9 Å². The minimum atomic E-state index is -1.54. The number of anilines is 2. The van der Waals surface area contributed by atoms with Gasteiger partial charge < -0.3 is 5.32 Å². The summed E-state index contributed by atoms with van der Waals surface area (Å²) in [7, 11) is 0. The maximum absolute atomic E-state index is 12.9. The maximum Gasteiger partial charge on any atom is 0.214 e. The average molecular weight is 242 g/mol. The second-order valence-electron chi connectivity index (χ2n) is 3.25. The van der Waals surface area contributed by atoms with Gasteiger partial charge in [0.1, 0.15) is 0 Å². The Hall–Kier alpha value is -2.11. The fourth-order valence-corrected chi connectivity index (χ4v) is 1.27. The first-order valence-corrected chi connectivity index (χ1v) is 4.59. The van der Waals surface area contributed by atoms with E-state index in [1.807, 2.05) is 0 Å². The first-order valence-electron chi connectivity index (χ1n) is 4.59. The molecule has 1 N–H and O–H groups in total. The molecule has 1 aromatic carbocycles. The summed E-state index contributed by atoms with van der Waals surface area (Å²) in [5, 5.41) is 2.53. The van der Waals surface area contributed by atoms with E-state index in [1.165, 1.54) is 12.3 Å². The molecule has 2 aromatic rings. The second-order valence-corrected chi connectivity index (χ2v) is 3.25. The molecular formula is C11H6F4N2. The minimum absolute atomic E-state index is 0.0213. The van der Waals surface area contributed by atoms with Crippen LogP contribution in [0, 0.1) is 23.4 Å². The highest BCUT2D eigenvalue weighted by molar-refractivity contribution is 5.59. The Morgan fingerprint density at radius 2 is 1.53 bits per heavy atom. The fourth-order valence-electron chi connectivity index (χ4n) is 1.27. The molecule has 0 amide bonds. The Bertz CT molecular complexity index is 534. The summed E-state index contributed by atoms with van der Waals surface area (Å²) in [5.41, 5.74) is 0.231. The standard InChI is InChI=1S/C11H6F4N2/c12-8-3-7(4-9(13)11(8)15)17-6-1-2-16-10(14)5-6/h1-5H,(H,16,17). The number of rotatable bonds is 2. The lowest BCUT2D eigenvalue weighted by molar-refractivity contribution is 0.448. The minimum Gasteiger partial charge on any atom is -0.355 e. The quantitative estimate of drug-likeness (QED) is 0.496. The number of halogens is 4. The highest BCUT2D eigenvalue weighted by Crippen LogP contribution is 2.21. The number of hydrogen-bond donors (Lipinski definition) is 1. The van der Waals surface area contributed by atoms with Gasteiger partial charge in [0.15, 0.2) is 17.5 Å². The molecule has 88 valence electrons. The van der Waals surface area contributed by atoms with Gasteiger partial charge in [-0.15, -0.1) is 0 Å². The van der Waals surface area contributed by atoms with Crippen molar-refractivity contribution in [3.8, 4) is 0 Å². The van der Waals surface area contributed by atoms with Crippen LogP contribution in [0.4, 0.5) is 28.9 Å². The molecule has 1 aromatic heterocycles. The van der Waals surface area contributed by atoms with Crippen LogP contribution >= 0.6 is 0 Å². The number of aromatic nitrogens is 1. The molecule has 2 nitrogen and oxygen atoms in total. The van der Waals surface area contributed by atoms with E-state index in [1.54, 1.807) is 0 Å². The largest absolute Gasteiger partial charge is 0.355 e. The van der Waals surface area contributed by atoms with Crippen LogP contribution in [-0.2, 0) is 0 Å². The van der Waals surface area contributed by atoms with E-state index < -0.39 is 23.4 Å². The van der Waals surface area contributed by atoms with Crippen LogP contribution in [0.2, 0.25) is 0 Å². The molecule has 1 heterocycles. The summed E-state index contributed by atoms with van der Waals surface area (Å²) < 4.78 is 51.2. The van der Waals surface area contributed by atoms with Gasteiger partial charge in [-0.05, 0) is 6.07 Å². The van der Waals surface area contributed by atoms with E-state index in [0.717, 1.165) is 18.2 Å². The molecule has 0 unspecified atom stereocenters. The number of nitrogens with zero attached hydrogens (tertiary/aromatic N) is 1. The zero-order chi connectivity index (χ0) is 12.4. The zero-order valence-electron chi connectivity index (χ0n) is 8.35. The van der Waals surface area contributed by atoms with Gasteiger partial charge in [-0.25, -0.2) is 18.2 Å². The molecule has 6 heteroatoms. The summed E-state index contributed by atoms with van der Waals surface area (Å²) in [4.78, 5) is 3.32. The Kier molecular flexibility index (Phi) is 2.95. The van der Waals surface area contributed by atoms with Crippen molar-refractivity contribution >= 4 is 11.4 Å².